The smallest absolute Gasteiger partial charge is 0.416 e. The first-order valence-corrected chi connectivity index (χ1v) is 9.81. The van der Waals surface area contributed by atoms with Gasteiger partial charge in [0.1, 0.15) is 10.8 Å². The predicted octanol–water partition coefficient (Wildman–Crippen LogP) is 5.07. The van der Waals surface area contributed by atoms with E-state index in [1.54, 1.807) is 13.2 Å². The molecule has 0 aliphatic heterocycles. The Morgan fingerprint density at radius 1 is 1.10 bits per heavy atom. The Balaban J connectivity index is 1.83. The average molecular weight is 436 g/mol. The molecule has 0 amide bonds. The summed E-state index contributed by atoms with van der Waals surface area (Å²) in [6.45, 7) is 1.00. The van der Waals surface area contributed by atoms with Crippen molar-refractivity contribution >= 4 is 17.3 Å². The molecule has 2 aromatic carbocycles. The zero-order chi connectivity index (χ0) is 21.7. The lowest BCUT2D eigenvalue weighted by molar-refractivity contribution is -0.137. The topological polar surface area (TPSA) is 62.7 Å². The molecule has 1 heterocycles. The highest BCUT2D eigenvalue weighted by Gasteiger charge is 2.30. The van der Waals surface area contributed by atoms with Crippen LogP contribution in [0.4, 0.5) is 13.2 Å². The van der Waals surface area contributed by atoms with Gasteiger partial charge in [-0.1, -0.05) is 30.3 Å². The van der Waals surface area contributed by atoms with Gasteiger partial charge in [0.05, 0.1) is 19.2 Å². The van der Waals surface area contributed by atoms with E-state index in [2.05, 4.69) is 4.98 Å². The number of nitrogens with zero attached hydrogens (tertiary/aromatic N) is 2. The van der Waals surface area contributed by atoms with Crippen LogP contribution in [0.3, 0.4) is 0 Å². The Labute approximate surface area is 175 Å². The third-order valence-corrected chi connectivity index (χ3v) is 5.19. The number of ether oxygens (including phenoxy) is 1. The molecule has 0 aliphatic rings. The average Bonchev–Trinajstić information content (AvgIpc) is 3.17. The third-order valence-electron chi connectivity index (χ3n) is 4.36. The number of rotatable bonds is 8. The number of aromatic nitrogens is 1. The fraction of sp³-hybridized carbons (Fsp3) is 0.238. The molecular formula is C21H19F3N2O3S. The van der Waals surface area contributed by atoms with E-state index in [0.29, 0.717) is 29.4 Å². The lowest BCUT2D eigenvalue weighted by atomic mass is 10.1. The summed E-state index contributed by atoms with van der Waals surface area (Å²) in [4.78, 5) is 17.1. The number of alkyl halides is 3. The normalized spacial score (nSPS) is 11.6. The van der Waals surface area contributed by atoms with Gasteiger partial charge in [0, 0.05) is 18.5 Å². The summed E-state index contributed by atoms with van der Waals surface area (Å²) in [6, 6.07) is 12.6. The molecule has 0 fully saturated rings. The second kappa shape index (κ2) is 9.27. The SMILES string of the molecule is COc1ccc(CN(Cc2cccc(C(F)(F)F)c2)Cc2nc(C(=O)O)cs2)cc1. The molecule has 3 rings (SSSR count). The van der Waals surface area contributed by atoms with Gasteiger partial charge in [-0.3, -0.25) is 4.90 Å². The molecule has 0 saturated heterocycles. The Morgan fingerprint density at radius 2 is 1.80 bits per heavy atom. The molecule has 30 heavy (non-hydrogen) atoms. The maximum atomic E-state index is 13.1. The van der Waals surface area contributed by atoms with Gasteiger partial charge < -0.3 is 9.84 Å². The van der Waals surface area contributed by atoms with Crippen LogP contribution in [0.2, 0.25) is 0 Å². The summed E-state index contributed by atoms with van der Waals surface area (Å²) in [6.07, 6.45) is -4.41. The first-order chi connectivity index (χ1) is 14.2. The fourth-order valence-electron chi connectivity index (χ4n) is 2.93. The number of benzene rings is 2. The largest absolute Gasteiger partial charge is 0.497 e. The van der Waals surface area contributed by atoms with Gasteiger partial charge in [-0.2, -0.15) is 13.2 Å². The Kier molecular flexibility index (Phi) is 6.73. The minimum Gasteiger partial charge on any atom is -0.497 e. The standard InChI is InChI=1S/C21H19F3N2O3S/c1-29-17-7-5-14(6-8-17)10-26(12-19-25-18(13-30-19)20(27)28)11-15-3-2-4-16(9-15)21(22,23)24/h2-9,13H,10-12H2,1H3,(H,27,28). The van der Waals surface area contributed by atoms with Crippen LogP contribution in [0.25, 0.3) is 0 Å². The number of methoxy groups -OCH3 is 1. The lowest BCUT2D eigenvalue weighted by Gasteiger charge is -2.22. The monoisotopic (exact) mass is 436 g/mol. The van der Waals surface area contributed by atoms with Gasteiger partial charge >= 0.3 is 12.1 Å². The second-order valence-corrected chi connectivity index (χ2v) is 7.57. The first-order valence-electron chi connectivity index (χ1n) is 8.93. The van der Waals surface area contributed by atoms with Crippen LogP contribution < -0.4 is 4.74 Å². The van der Waals surface area contributed by atoms with E-state index in [9.17, 15) is 18.0 Å². The molecule has 3 aromatic rings. The summed E-state index contributed by atoms with van der Waals surface area (Å²) in [5.41, 5.74) is 0.705. The van der Waals surface area contributed by atoms with E-state index < -0.39 is 17.7 Å². The van der Waals surface area contributed by atoms with E-state index in [1.807, 2.05) is 29.2 Å². The highest BCUT2D eigenvalue weighted by Crippen LogP contribution is 2.30. The number of hydrogen-bond donors (Lipinski definition) is 1. The number of carboxylic acid groups (broad SMARTS) is 1. The zero-order valence-electron chi connectivity index (χ0n) is 16.0. The van der Waals surface area contributed by atoms with Crippen molar-refractivity contribution < 1.29 is 27.8 Å². The minimum atomic E-state index is -4.41. The quantitative estimate of drug-likeness (QED) is 0.534. The third kappa shape index (κ3) is 5.80. The summed E-state index contributed by atoms with van der Waals surface area (Å²) in [5, 5.41) is 11.1. The molecule has 0 atom stereocenters. The van der Waals surface area contributed by atoms with Crippen molar-refractivity contribution in [3.63, 3.8) is 0 Å². The number of aromatic carboxylic acids is 1. The molecule has 0 aliphatic carbocycles. The Bertz CT molecular complexity index is 1000. The van der Waals surface area contributed by atoms with Gasteiger partial charge in [0.2, 0.25) is 0 Å². The van der Waals surface area contributed by atoms with Gasteiger partial charge in [-0.05, 0) is 29.3 Å². The van der Waals surface area contributed by atoms with Crippen molar-refractivity contribution in [1.29, 1.82) is 0 Å². The predicted molar refractivity (Wildman–Crippen MR) is 106 cm³/mol. The van der Waals surface area contributed by atoms with Gasteiger partial charge in [-0.25, -0.2) is 9.78 Å². The number of carbonyl (C=O) groups is 1. The van der Waals surface area contributed by atoms with Crippen molar-refractivity contribution in [2.75, 3.05) is 7.11 Å². The Hall–Kier alpha value is -2.91. The highest BCUT2D eigenvalue weighted by atomic mass is 32.1. The van der Waals surface area contributed by atoms with Crippen molar-refractivity contribution in [3.05, 3.63) is 81.3 Å². The van der Waals surface area contributed by atoms with E-state index in [0.717, 1.165) is 17.7 Å². The molecule has 5 nitrogen and oxygen atoms in total. The van der Waals surface area contributed by atoms with Crippen LogP contribution in [0.15, 0.2) is 53.9 Å². The van der Waals surface area contributed by atoms with Crippen LogP contribution in [-0.2, 0) is 25.8 Å². The molecule has 0 unspecified atom stereocenters. The van der Waals surface area contributed by atoms with Crippen molar-refractivity contribution in [2.45, 2.75) is 25.8 Å². The van der Waals surface area contributed by atoms with Crippen LogP contribution in [0.1, 0.15) is 32.2 Å². The molecule has 1 aromatic heterocycles. The number of hydrogen-bond acceptors (Lipinski definition) is 5. The van der Waals surface area contributed by atoms with Crippen LogP contribution in [-0.4, -0.2) is 28.1 Å². The van der Waals surface area contributed by atoms with E-state index in [4.69, 9.17) is 9.84 Å². The summed E-state index contributed by atoms with van der Waals surface area (Å²) in [5.74, 6) is -0.411. The van der Waals surface area contributed by atoms with Crippen LogP contribution in [0, 0.1) is 0 Å². The molecule has 0 spiro atoms. The van der Waals surface area contributed by atoms with Gasteiger partial charge in [0.25, 0.3) is 0 Å². The van der Waals surface area contributed by atoms with E-state index in [1.165, 1.54) is 22.8 Å². The van der Waals surface area contributed by atoms with E-state index in [-0.39, 0.29) is 12.2 Å². The number of halogens is 3. The van der Waals surface area contributed by atoms with Crippen LogP contribution >= 0.6 is 11.3 Å². The van der Waals surface area contributed by atoms with Crippen molar-refractivity contribution in [2.24, 2.45) is 0 Å². The molecule has 0 radical (unpaired) electrons. The summed E-state index contributed by atoms with van der Waals surface area (Å²) >= 11 is 1.21. The van der Waals surface area contributed by atoms with Gasteiger partial charge in [-0.15, -0.1) is 11.3 Å². The number of thiazole rings is 1. The summed E-state index contributed by atoms with van der Waals surface area (Å²) in [7, 11) is 1.57. The van der Waals surface area contributed by atoms with Crippen molar-refractivity contribution in [3.8, 4) is 5.75 Å². The molecule has 1 N–H and O–H groups in total. The maximum Gasteiger partial charge on any atom is 0.416 e. The Morgan fingerprint density at radius 3 is 2.40 bits per heavy atom. The lowest BCUT2D eigenvalue weighted by Crippen LogP contribution is -2.22. The minimum absolute atomic E-state index is 0.0431. The van der Waals surface area contributed by atoms with Crippen molar-refractivity contribution in [1.82, 2.24) is 9.88 Å². The maximum absolute atomic E-state index is 13.1. The highest BCUT2D eigenvalue weighted by molar-refractivity contribution is 7.09. The molecule has 158 valence electrons. The molecule has 0 bridgehead atoms. The second-order valence-electron chi connectivity index (χ2n) is 6.62. The van der Waals surface area contributed by atoms with Crippen LogP contribution in [0.5, 0.6) is 5.75 Å². The molecule has 9 heteroatoms. The number of carboxylic acids is 1. The zero-order valence-corrected chi connectivity index (χ0v) is 16.8. The molecule has 0 saturated carbocycles. The van der Waals surface area contributed by atoms with E-state index >= 15 is 0 Å². The summed E-state index contributed by atoms with van der Waals surface area (Å²) < 4.78 is 44.3. The van der Waals surface area contributed by atoms with Gasteiger partial charge in [0.15, 0.2) is 5.69 Å². The fourth-order valence-corrected chi connectivity index (χ4v) is 3.74. The molecular weight excluding hydrogens is 417 g/mol. The first kappa shape index (κ1) is 21.8.